The monoisotopic (exact) mass is 224 g/mol. The van der Waals surface area contributed by atoms with Crippen molar-refractivity contribution in [3.8, 4) is 0 Å². The maximum atomic E-state index is 5.82. The fourth-order valence-electron chi connectivity index (χ4n) is 1.77. The zero-order valence-corrected chi connectivity index (χ0v) is 10.0. The summed E-state index contributed by atoms with van der Waals surface area (Å²) in [7, 11) is 2.08. The van der Waals surface area contributed by atoms with Crippen molar-refractivity contribution in [1.29, 1.82) is 0 Å². The van der Waals surface area contributed by atoms with E-state index in [9.17, 15) is 0 Å². The molecule has 1 aromatic rings. The number of nitrogens with one attached hydrogen (secondary N) is 1. The Hall–Kier alpha value is -0.840. The van der Waals surface area contributed by atoms with Crippen LogP contribution in [0.3, 0.4) is 0 Å². The van der Waals surface area contributed by atoms with Crippen molar-refractivity contribution < 1.29 is 9.15 Å². The average molecular weight is 224 g/mol. The van der Waals surface area contributed by atoms with E-state index in [1.165, 1.54) is 0 Å². The van der Waals surface area contributed by atoms with Gasteiger partial charge in [0.1, 0.15) is 5.76 Å². The van der Waals surface area contributed by atoms with Crippen LogP contribution in [0.15, 0.2) is 22.8 Å². The van der Waals surface area contributed by atoms with Crippen LogP contribution in [0.2, 0.25) is 0 Å². The van der Waals surface area contributed by atoms with E-state index in [0.29, 0.717) is 0 Å². The van der Waals surface area contributed by atoms with Gasteiger partial charge in [-0.05, 0) is 26.1 Å². The molecular weight excluding hydrogens is 204 g/mol. The highest BCUT2D eigenvalue weighted by Gasteiger charge is 2.32. The predicted molar refractivity (Wildman–Crippen MR) is 62.3 cm³/mol. The zero-order chi connectivity index (χ0) is 11.4. The zero-order valence-electron chi connectivity index (χ0n) is 10.0. The minimum atomic E-state index is 0.0610. The molecule has 0 saturated carbocycles. The Morgan fingerprint density at radius 1 is 1.56 bits per heavy atom. The molecular formula is C12H20N2O2. The molecule has 1 saturated heterocycles. The first-order valence-electron chi connectivity index (χ1n) is 5.74. The Morgan fingerprint density at radius 3 is 2.94 bits per heavy atom. The maximum absolute atomic E-state index is 5.82. The summed E-state index contributed by atoms with van der Waals surface area (Å²) in [5.41, 5.74) is 0.0610. The summed E-state index contributed by atoms with van der Waals surface area (Å²) in [6, 6.07) is 3.91. The van der Waals surface area contributed by atoms with Gasteiger partial charge >= 0.3 is 0 Å². The summed E-state index contributed by atoms with van der Waals surface area (Å²) in [5.74, 6) is 0.999. The lowest BCUT2D eigenvalue weighted by Gasteiger charge is -2.39. The summed E-state index contributed by atoms with van der Waals surface area (Å²) in [6.07, 6.45) is 1.71. The molecule has 1 N–H and O–H groups in total. The summed E-state index contributed by atoms with van der Waals surface area (Å²) in [6.45, 7) is 6.62. The highest BCUT2D eigenvalue weighted by atomic mass is 16.5. The quantitative estimate of drug-likeness (QED) is 0.785. The Kier molecular flexibility index (Phi) is 3.63. The molecule has 90 valence electrons. The lowest BCUT2D eigenvalue weighted by molar-refractivity contribution is -0.0714. The minimum Gasteiger partial charge on any atom is -0.468 e. The van der Waals surface area contributed by atoms with Gasteiger partial charge in [0.2, 0.25) is 0 Å². The van der Waals surface area contributed by atoms with Crippen molar-refractivity contribution in [2.75, 3.05) is 33.3 Å². The standard InChI is InChI=1S/C12H20N2O2/c1-12(9-13-10-12)16-7-5-14(2)8-11-4-3-6-15-11/h3-4,6,13H,5,7-10H2,1-2H3. The molecule has 1 aromatic heterocycles. The SMILES string of the molecule is CN(CCOC1(C)CNC1)Cc1ccco1. The van der Waals surface area contributed by atoms with Crippen molar-refractivity contribution in [2.45, 2.75) is 19.1 Å². The van der Waals surface area contributed by atoms with E-state index in [1.54, 1.807) is 6.26 Å². The topological polar surface area (TPSA) is 37.6 Å². The normalized spacial score (nSPS) is 18.7. The van der Waals surface area contributed by atoms with Gasteiger partial charge in [-0.3, -0.25) is 4.90 Å². The molecule has 0 amide bonds. The number of furan rings is 1. The molecule has 0 unspecified atom stereocenters. The fraction of sp³-hybridized carbons (Fsp3) is 0.667. The van der Waals surface area contributed by atoms with Crippen LogP contribution in [0.1, 0.15) is 12.7 Å². The molecule has 0 atom stereocenters. The van der Waals surface area contributed by atoms with Crippen LogP contribution in [0.25, 0.3) is 0 Å². The number of hydrogen-bond acceptors (Lipinski definition) is 4. The Balaban J connectivity index is 1.62. The molecule has 4 heteroatoms. The second-order valence-electron chi connectivity index (χ2n) is 4.72. The van der Waals surface area contributed by atoms with Crippen LogP contribution >= 0.6 is 0 Å². The Labute approximate surface area is 96.6 Å². The van der Waals surface area contributed by atoms with Gasteiger partial charge < -0.3 is 14.5 Å². The largest absolute Gasteiger partial charge is 0.468 e. The van der Waals surface area contributed by atoms with Crippen molar-refractivity contribution in [2.24, 2.45) is 0 Å². The Morgan fingerprint density at radius 2 is 2.38 bits per heavy atom. The van der Waals surface area contributed by atoms with E-state index in [-0.39, 0.29) is 5.60 Å². The third-order valence-electron chi connectivity index (χ3n) is 2.93. The van der Waals surface area contributed by atoms with Crippen LogP contribution < -0.4 is 5.32 Å². The third kappa shape index (κ3) is 3.07. The summed E-state index contributed by atoms with van der Waals surface area (Å²) in [4.78, 5) is 2.20. The summed E-state index contributed by atoms with van der Waals surface area (Å²) in [5, 5.41) is 3.22. The van der Waals surface area contributed by atoms with E-state index in [1.807, 2.05) is 12.1 Å². The summed E-state index contributed by atoms with van der Waals surface area (Å²) < 4.78 is 11.1. The predicted octanol–water partition coefficient (Wildman–Crippen LogP) is 1.09. The number of nitrogens with zero attached hydrogens (tertiary/aromatic N) is 1. The Bertz CT molecular complexity index is 307. The first kappa shape index (κ1) is 11.6. The van der Waals surface area contributed by atoms with Gasteiger partial charge in [0, 0.05) is 19.6 Å². The van der Waals surface area contributed by atoms with Crippen LogP contribution in [0, 0.1) is 0 Å². The lowest BCUT2D eigenvalue weighted by atomic mass is 10.0. The van der Waals surface area contributed by atoms with Gasteiger partial charge in [-0.15, -0.1) is 0 Å². The molecule has 2 rings (SSSR count). The first-order valence-corrected chi connectivity index (χ1v) is 5.74. The van der Waals surface area contributed by atoms with Crippen LogP contribution in [-0.2, 0) is 11.3 Å². The highest BCUT2D eigenvalue weighted by Crippen LogP contribution is 2.14. The van der Waals surface area contributed by atoms with Gasteiger partial charge in [-0.2, -0.15) is 0 Å². The summed E-state index contributed by atoms with van der Waals surface area (Å²) >= 11 is 0. The van der Waals surface area contributed by atoms with Gasteiger partial charge in [0.05, 0.1) is 25.0 Å². The number of hydrogen-bond donors (Lipinski definition) is 1. The van der Waals surface area contributed by atoms with Crippen LogP contribution in [0.4, 0.5) is 0 Å². The van der Waals surface area contributed by atoms with Crippen molar-refractivity contribution in [3.63, 3.8) is 0 Å². The molecule has 2 heterocycles. The number of rotatable bonds is 6. The molecule has 1 aliphatic rings. The van der Waals surface area contributed by atoms with Crippen molar-refractivity contribution in [1.82, 2.24) is 10.2 Å². The van der Waals surface area contributed by atoms with E-state index in [4.69, 9.17) is 9.15 Å². The average Bonchev–Trinajstić information content (AvgIpc) is 2.68. The van der Waals surface area contributed by atoms with E-state index >= 15 is 0 Å². The van der Waals surface area contributed by atoms with Crippen LogP contribution in [0.5, 0.6) is 0 Å². The smallest absolute Gasteiger partial charge is 0.117 e. The molecule has 0 aliphatic carbocycles. The molecule has 1 aliphatic heterocycles. The second-order valence-corrected chi connectivity index (χ2v) is 4.72. The number of likely N-dealkylation sites (N-methyl/N-ethyl adjacent to an activating group) is 1. The first-order chi connectivity index (χ1) is 7.68. The van der Waals surface area contributed by atoms with Crippen LogP contribution in [-0.4, -0.2) is 43.8 Å². The van der Waals surface area contributed by atoms with Crippen molar-refractivity contribution in [3.05, 3.63) is 24.2 Å². The molecule has 16 heavy (non-hydrogen) atoms. The van der Waals surface area contributed by atoms with Gasteiger partial charge in [-0.25, -0.2) is 0 Å². The molecule has 0 radical (unpaired) electrons. The van der Waals surface area contributed by atoms with E-state index < -0.39 is 0 Å². The molecule has 0 spiro atoms. The highest BCUT2D eigenvalue weighted by molar-refractivity contribution is 4.97. The second kappa shape index (κ2) is 4.99. The van der Waals surface area contributed by atoms with E-state index in [2.05, 4.69) is 24.2 Å². The van der Waals surface area contributed by atoms with Gasteiger partial charge in [-0.1, -0.05) is 0 Å². The number of ether oxygens (including phenoxy) is 1. The lowest BCUT2D eigenvalue weighted by Crippen LogP contribution is -2.59. The van der Waals surface area contributed by atoms with Gasteiger partial charge in [0.25, 0.3) is 0 Å². The van der Waals surface area contributed by atoms with Gasteiger partial charge in [0.15, 0.2) is 0 Å². The molecule has 0 aromatic carbocycles. The molecule has 0 bridgehead atoms. The molecule has 4 nitrogen and oxygen atoms in total. The maximum Gasteiger partial charge on any atom is 0.117 e. The van der Waals surface area contributed by atoms with E-state index in [0.717, 1.165) is 38.5 Å². The third-order valence-corrected chi connectivity index (χ3v) is 2.93. The fourth-order valence-corrected chi connectivity index (χ4v) is 1.77. The van der Waals surface area contributed by atoms with Crippen molar-refractivity contribution >= 4 is 0 Å². The minimum absolute atomic E-state index is 0.0610. The molecule has 1 fully saturated rings.